The third kappa shape index (κ3) is 4.81. The van der Waals surface area contributed by atoms with Gasteiger partial charge in [0.15, 0.2) is 0 Å². The molecule has 0 spiro atoms. The molecule has 8 heteroatoms. The van der Waals surface area contributed by atoms with Gasteiger partial charge in [0.25, 0.3) is 0 Å². The second-order valence-corrected chi connectivity index (χ2v) is 7.60. The van der Waals surface area contributed by atoms with Crippen LogP contribution in [0.15, 0.2) is 67.3 Å². The molecule has 32 heavy (non-hydrogen) atoms. The van der Waals surface area contributed by atoms with Crippen LogP contribution in [-0.4, -0.2) is 58.4 Å². The Morgan fingerprint density at radius 3 is 2.81 bits per heavy atom. The number of likely N-dealkylation sites (N-methyl/N-ethyl adjacent to an activating group) is 1. The molecular weight excluding hydrogens is 402 g/mol. The lowest BCUT2D eigenvalue weighted by Crippen LogP contribution is -2.12. The monoisotopic (exact) mass is 427 g/mol. The Bertz CT molecular complexity index is 1280. The zero-order valence-electron chi connectivity index (χ0n) is 18.3. The number of hydrogen-bond donors (Lipinski definition) is 3. The van der Waals surface area contributed by atoms with E-state index in [-0.39, 0.29) is 5.91 Å². The molecule has 0 aliphatic heterocycles. The van der Waals surface area contributed by atoms with E-state index in [4.69, 9.17) is 0 Å². The number of aromatic amines is 1. The number of hydrogen-bond acceptors (Lipinski definition) is 6. The van der Waals surface area contributed by atoms with E-state index >= 15 is 0 Å². The van der Waals surface area contributed by atoms with Gasteiger partial charge in [0, 0.05) is 60.3 Å². The third-order valence-electron chi connectivity index (χ3n) is 4.93. The van der Waals surface area contributed by atoms with Gasteiger partial charge in [-0.1, -0.05) is 18.2 Å². The number of H-pyrrole nitrogens is 1. The SMILES string of the molecule is CNc1cc(-c2c[nH]c3ncc(-c4cccc(NC(=O)/C=C/CN(C)C)c4)cc23)ncn1. The second kappa shape index (κ2) is 9.40. The largest absolute Gasteiger partial charge is 0.373 e. The zero-order valence-corrected chi connectivity index (χ0v) is 18.3. The summed E-state index contributed by atoms with van der Waals surface area (Å²) in [5.74, 6) is 0.589. The summed E-state index contributed by atoms with van der Waals surface area (Å²) < 4.78 is 0. The topological polar surface area (TPSA) is 98.8 Å². The summed E-state index contributed by atoms with van der Waals surface area (Å²) in [5.41, 5.74) is 5.17. The normalized spacial score (nSPS) is 11.4. The van der Waals surface area contributed by atoms with E-state index in [2.05, 4.69) is 36.6 Å². The maximum atomic E-state index is 12.2. The van der Waals surface area contributed by atoms with Gasteiger partial charge in [0.2, 0.25) is 5.91 Å². The Morgan fingerprint density at radius 2 is 2.00 bits per heavy atom. The molecule has 0 fully saturated rings. The minimum Gasteiger partial charge on any atom is -0.373 e. The Kier molecular flexibility index (Phi) is 6.23. The standard InChI is InChI=1S/C24H25N7O/c1-25-22-12-21(28-15-29-22)20-14-27-24-19(20)11-17(13-26-24)16-6-4-7-18(10-16)30-23(32)8-5-9-31(2)3/h4-8,10-15H,9H2,1-3H3,(H,26,27)(H,30,32)(H,25,28,29)/b8-5+. The summed E-state index contributed by atoms with van der Waals surface area (Å²) in [6.45, 7) is 0.709. The van der Waals surface area contributed by atoms with Gasteiger partial charge in [-0.3, -0.25) is 4.79 Å². The zero-order chi connectivity index (χ0) is 22.5. The Balaban J connectivity index is 1.62. The third-order valence-corrected chi connectivity index (χ3v) is 4.93. The van der Waals surface area contributed by atoms with Crippen LogP contribution in [0.1, 0.15) is 0 Å². The van der Waals surface area contributed by atoms with E-state index in [1.165, 1.54) is 6.33 Å². The van der Waals surface area contributed by atoms with E-state index in [1.807, 2.05) is 74.8 Å². The number of benzene rings is 1. The summed E-state index contributed by atoms with van der Waals surface area (Å²) in [7, 11) is 5.73. The highest BCUT2D eigenvalue weighted by molar-refractivity contribution is 6.00. The summed E-state index contributed by atoms with van der Waals surface area (Å²) >= 11 is 0. The Hall–Kier alpha value is -4.04. The van der Waals surface area contributed by atoms with Crippen molar-refractivity contribution in [3.63, 3.8) is 0 Å². The van der Waals surface area contributed by atoms with Crippen molar-refractivity contribution < 1.29 is 4.79 Å². The van der Waals surface area contributed by atoms with Crippen molar-refractivity contribution in [3.8, 4) is 22.4 Å². The predicted molar refractivity (Wildman–Crippen MR) is 128 cm³/mol. The molecular formula is C24H25N7O. The maximum absolute atomic E-state index is 12.2. The molecule has 1 amide bonds. The Labute approximate surface area is 186 Å². The van der Waals surface area contributed by atoms with Crippen LogP contribution in [0.2, 0.25) is 0 Å². The molecule has 3 N–H and O–H groups in total. The second-order valence-electron chi connectivity index (χ2n) is 7.60. The fourth-order valence-electron chi connectivity index (χ4n) is 3.35. The van der Waals surface area contributed by atoms with Crippen LogP contribution in [0.25, 0.3) is 33.4 Å². The summed E-state index contributed by atoms with van der Waals surface area (Å²) in [4.78, 5) is 30.6. The maximum Gasteiger partial charge on any atom is 0.248 e. The molecule has 0 bridgehead atoms. The van der Waals surface area contributed by atoms with Crippen molar-refractivity contribution in [1.82, 2.24) is 24.8 Å². The molecule has 8 nitrogen and oxygen atoms in total. The quantitative estimate of drug-likeness (QED) is 0.388. The van der Waals surface area contributed by atoms with E-state index in [9.17, 15) is 4.79 Å². The predicted octanol–water partition coefficient (Wildman–Crippen LogP) is 3.78. The number of fused-ring (bicyclic) bond motifs is 1. The molecule has 0 aliphatic carbocycles. The van der Waals surface area contributed by atoms with Gasteiger partial charge < -0.3 is 20.5 Å². The van der Waals surface area contributed by atoms with Crippen molar-refractivity contribution in [2.45, 2.75) is 0 Å². The number of aromatic nitrogens is 4. The molecule has 3 aromatic heterocycles. The number of nitrogens with zero attached hydrogens (tertiary/aromatic N) is 4. The van der Waals surface area contributed by atoms with Gasteiger partial charge in [-0.15, -0.1) is 0 Å². The first-order valence-electron chi connectivity index (χ1n) is 10.2. The average Bonchev–Trinajstić information content (AvgIpc) is 3.22. The number of carbonyl (C=O) groups is 1. The summed E-state index contributed by atoms with van der Waals surface area (Å²) in [6.07, 6.45) is 8.64. The molecule has 162 valence electrons. The van der Waals surface area contributed by atoms with Crippen LogP contribution in [0, 0.1) is 0 Å². The number of amides is 1. The fourth-order valence-corrected chi connectivity index (χ4v) is 3.35. The highest BCUT2D eigenvalue weighted by Crippen LogP contribution is 2.31. The fraction of sp³-hybridized carbons (Fsp3) is 0.167. The Morgan fingerprint density at radius 1 is 1.12 bits per heavy atom. The van der Waals surface area contributed by atoms with Gasteiger partial charge >= 0.3 is 0 Å². The number of nitrogens with one attached hydrogen (secondary N) is 3. The van der Waals surface area contributed by atoms with Crippen molar-refractivity contribution in [3.05, 3.63) is 67.3 Å². The lowest BCUT2D eigenvalue weighted by atomic mass is 10.0. The van der Waals surface area contributed by atoms with Gasteiger partial charge in [-0.2, -0.15) is 0 Å². The molecule has 4 rings (SSSR count). The minimum absolute atomic E-state index is 0.158. The van der Waals surface area contributed by atoms with Gasteiger partial charge in [0.05, 0.1) is 5.69 Å². The smallest absolute Gasteiger partial charge is 0.248 e. The van der Waals surface area contributed by atoms with Crippen molar-refractivity contribution >= 4 is 28.4 Å². The van der Waals surface area contributed by atoms with Crippen molar-refractivity contribution in [2.75, 3.05) is 38.3 Å². The molecule has 0 aliphatic rings. The molecule has 0 unspecified atom stereocenters. The molecule has 0 saturated heterocycles. The number of rotatable bonds is 7. The van der Waals surface area contributed by atoms with Crippen LogP contribution in [0.5, 0.6) is 0 Å². The first-order valence-corrected chi connectivity index (χ1v) is 10.2. The first-order chi connectivity index (χ1) is 15.5. The first kappa shape index (κ1) is 21.2. The lowest BCUT2D eigenvalue weighted by molar-refractivity contribution is -0.111. The van der Waals surface area contributed by atoms with Crippen LogP contribution in [0.3, 0.4) is 0 Å². The minimum atomic E-state index is -0.158. The lowest BCUT2D eigenvalue weighted by Gasteiger charge is -2.07. The molecule has 3 heterocycles. The number of pyridine rings is 1. The average molecular weight is 428 g/mol. The molecule has 0 saturated carbocycles. The van der Waals surface area contributed by atoms with E-state index in [0.717, 1.165) is 44.9 Å². The molecule has 0 radical (unpaired) electrons. The number of anilines is 2. The van der Waals surface area contributed by atoms with Crippen molar-refractivity contribution in [2.24, 2.45) is 0 Å². The highest BCUT2D eigenvalue weighted by atomic mass is 16.1. The molecule has 4 aromatic rings. The van der Waals surface area contributed by atoms with Gasteiger partial charge in [-0.05, 0) is 37.9 Å². The molecule has 1 aromatic carbocycles. The highest BCUT2D eigenvalue weighted by Gasteiger charge is 2.11. The van der Waals surface area contributed by atoms with Gasteiger partial charge in [0.1, 0.15) is 17.8 Å². The molecule has 0 atom stereocenters. The summed E-state index contributed by atoms with van der Waals surface area (Å²) in [5, 5.41) is 6.91. The van der Waals surface area contributed by atoms with Gasteiger partial charge in [-0.25, -0.2) is 15.0 Å². The van der Waals surface area contributed by atoms with Crippen LogP contribution >= 0.6 is 0 Å². The van der Waals surface area contributed by atoms with E-state index in [0.29, 0.717) is 6.54 Å². The van der Waals surface area contributed by atoms with E-state index < -0.39 is 0 Å². The van der Waals surface area contributed by atoms with Crippen LogP contribution < -0.4 is 10.6 Å². The van der Waals surface area contributed by atoms with Crippen molar-refractivity contribution in [1.29, 1.82) is 0 Å². The number of carbonyl (C=O) groups excluding carboxylic acids is 1. The van der Waals surface area contributed by atoms with E-state index in [1.54, 1.807) is 6.08 Å². The summed E-state index contributed by atoms with van der Waals surface area (Å²) in [6, 6.07) is 11.7. The van der Waals surface area contributed by atoms with Crippen LogP contribution in [0.4, 0.5) is 11.5 Å². The van der Waals surface area contributed by atoms with Crippen LogP contribution in [-0.2, 0) is 4.79 Å².